The Morgan fingerprint density at radius 2 is 2.44 bits per heavy atom. The Hall–Kier alpha value is -1.06. The van der Waals surface area contributed by atoms with Gasteiger partial charge in [0.25, 0.3) is 0 Å². The van der Waals surface area contributed by atoms with E-state index in [0.717, 1.165) is 18.4 Å². The van der Waals surface area contributed by atoms with Gasteiger partial charge in [-0.1, -0.05) is 23.7 Å². The fourth-order valence-corrected chi connectivity index (χ4v) is 1.95. The summed E-state index contributed by atoms with van der Waals surface area (Å²) in [4.78, 5) is 11.6. The highest BCUT2D eigenvalue weighted by Gasteiger charge is 2.22. The Labute approximate surface area is 99.7 Å². The van der Waals surface area contributed by atoms with Gasteiger partial charge in [-0.2, -0.15) is 0 Å². The maximum atomic E-state index is 11.6. The minimum atomic E-state index is -0.265. The van der Waals surface area contributed by atoms with Crippen molar-refractivity contribution in [3.05, 3.63) is 34.9 Å². The van der Waals surface area contributed by atoms with Crippen LogP contribution < -0.4 is 5.32 Å². The number of halogens is 1. The molecule has 86 valence electrons. The zero-order valence-electron chi connectivity index (χ0n) is 8.91. The summed E-state index contributed by atoms with van der Waals surface area (Å²) in [6, 6.07) is 7.46. The molecule has 0 aliphatic carbocycles. The lowest BCUT2D eigenvalue weighted by Crippen LogP contribution is -2.33. The van der Waals surface area contributed by atoms with Gasteiger partial charge in [-0.05, 0) is 30.5 Å². The van der Waals surface area contributed by atoms with E-state index in [1.165, 1.54) is 0 Å². The highest BCUT2D eigenvalue weighted by molar-refractivity contribution is 6.30. The van der Waals surface area contributed by atoms with E-state index in [-0.39, 0.29) is 12.0 Å². The second kappa shape index (κ2) is 5.32. The Morgan fingerprint density at radius 1 is 1.56 bits per heavy atom. The van der Waals surface area contributed by atoms with Crippen LogP contribution in [-0.4, -0.2) is 18.6 Å². The fraction of sp³-hybridized carbons (Fsp3) is 0.417. The molecule has 1 N–H and O–H groups in total. The maximum absolute atomic E-state index is 11.6. The van der Waals surface area contributed by atoms with Gasteiger partial charge in [-0.3, -0.25) is 4.79 Å². The largest absolute Gasteiger partial charge is 0.368 e. The van der Waals surface area contributed by atoms with E-state index in [2.05, 4.69) is 5.32 Å². The lowest BCUT2D eigenvalue weighted by Gasteiger charge is -2.10. The molecule has 1 saturated heterocycles. The average molecular weight is 240 g/mol. The van der Waals surface area contributed by atoms with Crippen molar-refractivity contribution in [1.29, 1.82) is 0 Å². The van der Waals surface area contributed by atoms with Crippen LogP contribution in [0.2, 0.25) is 5.02 Å². The first-order valence-electron chi connectivity index (χ1n) is 5.39. The topological polar surface area (TPSA) is 38.3 Å². The van der Waals surface area contributed by atoms with Crippen LogP contribution in [0.15, 0.2) is 24.3 Å². The molecule has 1 aromatic rings. The summed E-state index contributed by atoms with van der Waals surface area (Å²) < 4.78 is 5.29. The fourth-order valence-electron chi connectivity index (χ4n) is 1.73. The van der Waals surface area contributed by atoms with E-state index in [9.17, 15) is 4.79 Å². The quantitative estimate of drug-likeness (QED) is 0.878. The molecule has 16 heavy (non-hydrogen) atoms. The predicted molar refractivity (Wildman–Crippen MR) is 62.3 cm³/mol. The monoisotopic (exact) mass is 239 g/mol. The van der Waals surface area contributed by atoms with Crippen LogP contribution in [-0.2, 0) is 16.1 Å². The van der Waals surface area contributed by atoms with Crippen molar-refractivity contribution in [3.63, 3.8) is 0 Å². The Kier molecular flexibility index (Phi) is 3.80. The number of carbonyl (C=O) groups excluding carboxylic acids is 1. The second-order valence-corrected chi connectivity index (χ2v) is 4.29. The highest BCUT2D eigenvalue weighted by Crippen LogP contribution is 2.13. The molecule has 1 heterocycles. The third kappa shape index (κ3) is 2.97. The molecule has 4 heteroatoms. The van der Waals surface area contributed by atoms with Crippen LogP contribution in [0.1, 0.15) is 18.4 Å². The number of ether oxygens (including phenoxy) is 1. The first-order chi connectivity index (χ1) is 7.75. The van der Waals surface area contributed by atoms with E-state index in [0.29, 0.717) is 18.2 Å². The third-order valence-electron chi connectivity index (χ3n) is 2.58. The molecule has 0 bridgehead atoms. The molecule has 0 radical (unpaired) electrons. The first-order valence-corrected chi connectivity index (χ1v) is 5.77. The first kappa shape index (κ1) is 11.4. The molecule has 0 unspecified atom stereocenters. The van der Waals surface area contributed by atoms with Crippen molar-refractivity contribution in [2.24, 2.45) is 0 Å². The smallest absolute Gasteiger partial charge is 0.249 e. The summed E-state index contributed by atoms with van der Waals surface area (Å²) in [7, 11) is 0. The van der Waals surface area contributed by atoms with E-state index in [4.69, 9.17) is 16.3 Å². The van der Waals surface area contributed by atoms with Gasteiger partial charge in [0, 0.05) is 18.2 Å². The molecular weight excluding hydrogens is 226 g/mol. The van der Waals surface area contributed by atoms with Crippen molar-refractivity contribution in [2.75, 3.05) is 6.61 Å². The second-order valence-electron chi connectivity index (χ2n) is 3.85. The summed E-state index contributed by atoms with van der Waals surface area (Å²) in [5.41, 5.74) is 0.999. The van der Waals surface area contributed by atoms with Crippen LogP contribution in [0.25, 0.3) is 0 Å². The Morgan fingerprint density at radius 3 is 3.12 bits per heavy atom. The number of amides is 1. The van der Waals surface area contributed by atoms with Gasteiger partial charge in [0.05, 0.1) is 0 Å². The zero-order chi connectivity index (χ0) is 11.4. The van der Waals surface area contributed by atoms with Gasteiger partial charge in [0.15, 0.2) is 0 Å². The molecule has 2 rings (SSSR count). The molecule has 1 atom stereocenters. The predicted octanol–water partition coefficient (Wildman–Crippen LogP) is 2.14. The standard InChI is InChI=1S/C12H14ClNO2/c13-10-4-1-3-9(7-10)8-14-12(15)11-5-2-6-16-11/h1,3-4,7,11H,2,5-6,8H2,(H,14,15)/t11-/m1/s1. The Bertz CT molecular complexity index is 375. The van der Waals surface area contributed by atoms with E-state index in [1.54, 1.807) is 0 Å². The SMILES string of the molecule is O=C(NCc1cccc(Cl)c1)[C@H]1CCCO1. The van der Waals surface area contributed by atoms with Gasteiger partial charge < -0.3 is 10.1 Å². The van der Waals surface area contributed by atoms with Crippen LogP contribution in [0, 0.1) is 0 Å². The number of hydrogen-bond donors (Lipinski definition) is 1. The molecule has 3 nitrogen and oxygen atoms in total. The molecule has 0 saturated carbocycles. The number of benzene rings is 1. The van der Waals surface area contributed by atoms with E-state index < -0.39 is 0 Å². The van der Waals surface area contributed by atoms with E-state index in [1.807, 2.05) is 24.3 Å². The number of carbonyl (C=O) groups is 1. The molecule has 1 fully saturated rings. The van der Waals surface area contributed by atoms with Crippen molar-refractivity contribution in [1.82, 2.24) is 5.32 Å². The zero-order valence-corrected chi connectivity index (χ0v) is 9.67. The summed E-state index contributed by atoms with van der Waals surface area (Å²) >= 11 is 5.85. The summed E-state index contributed by atoms with van der Waals surface area (Å²) in [5.74, 6) is -0.0301. The number of nitrogens with one attached hydrogen (secondary N) is 1. The van der Waals surface area contributed by atoms with Crippen LogP contribution in [0.4, 0.5) is 0 Å². The Balaban J connectivity index is 1.84. The summed E-state index contributed by atoms with van der Waals surface area (Å²) in [6.07, 6.45) is 1.52. The van der Waals surface area contributed by atoms with Crippen molar-refractivity contribution in [3.8, 4) is 0 Å². The molecule has 1 aliphatic rings. The summed E-state index contributed by atoms with van der Waals surface area (Å²) in [5, 5.41) is 3.53. The van der Waals surface area contributed by atoms with Gasteiger partial charge in [0.1, 0.15) is 6.10 Å². The van der Waals surface area contributed by atoms with Crippen molar-refractivity contribution in [2.45, 2.75) is 25.5 Å². The third-order valence-corrected chi connectivity index (χ3v) is 2.81. The van der Waals surface area contributed by atoms with Crippen LogP contribution in [0.3, 0.4) is 0 Å². The molecular formula is C12H14ClNO2. The van der Waals surface area contributed by atoms with Crippen molar-refractivity contribution < 1.29 is 9.53 Å². The van der Waals surface area contributed by atoms with Gasteiger partial charge in [0.2, 0.25) is 5.91 Å². The summed E-state index contributed by atoms with van der Waals surface area (Å²) in [6.45, 7) is 1.19. The number of hydrogen-bond acceptors (Lipinski definition) is 2. The normalized spacial score (nSPS) is 19.7. The molecule has 1 amide bonds. The van der Waals surface area contributed by atoms with Gasteiger partial charge >= 0.3 is 0 Å². The van der Waals surface area contributed by atoms with E-state index >= 15 is 0 Å². The molecule has 0 aromatic heterocycles. The van der Waals surface area contributed by atoms with Crippen molar-refractivity contribution >= 4 is 17.5 Å². The maximum Gasteiger partial charge on any atom is 0.249 e. The van der Waals surface area contributed by atoms with Gasteiger partial charge in [-0.25, -0.2) is 0 Å². The lowest BCUT2D eigenvalue weighted by molar-refractivity contribution is -0.130. The highest BCUT2D eigenvalue weighted by atomic mass is 35.5. The molecule has 1 aromatic carbocycles. The minimum Gasteiger partial charge on any atom is -0.368 e. The molecule has 1 aliphatic heterocycles. The van der Waals surface area contributed by atoms with Crippen LogP contribution >= 0.6 is 11.6 Å². The molecule has 0 spiro atoms. The lowest BCUT2D eigenvalue weighted by atomic mass is 10.2. The van der Waals surface area contributed by atoms with Crippen LogP contribution in [0.5, 0.6) is 0 Å². The average Bonchev–Trinajstić information content (AvgIpc) is 2.79. The van der Waals surface area contributed by atoms with Gasteiger partial charge in [-0.15, -0.1) is 0 Å². The minimum absolute atomic E-state index is 0.0301. The number of rotatable bonds is 3.